The third-order valence-corrected chi connectivity index (χ3v) is 3.62. The number of aldehydes is 2. The topological polar surface area (TPSA) is 56.3 Å². The van der Waals surface area contributed by atoms with Crippen molar-refractivity contribution in [2.75, 3.05) is 0 Å². The van der Waals surface area contributed by atoms with Crippen molar-refractivity contribution in [2.24, 2.45) is 0 Å². The van der Waals surface area contributed by atoms with Crippen molar-refractivity contribution in [3.8, 4) is 5.75 Å². The number of nitrogens with zero attached hydrogens (tertiary/aromatic N) is 1. The first-order chi connectivity index (χ1) is 11.2. The third kappa shape index (κ3) is 3.38. The summed E-state index contributed by atoms with van der Waals surface area (Å²) in [6, 6.07) is 14.0. The molecule has 23 heavy (non-hydrogen) atoms. The highest BCUT2D eigenvalue weighted by Gasteiger charge is 2.06. The zero-order chi connectivity index (χ0) is 16.2. The van der Waals surface area contributed by atoms with Crippen molar-refractivity contribution in [3.05, 3.63) is 70.4 Å². The Morgan fingerprint density at radius 1 is 1.00 bits per heavy atom. The molecule has 0 bridgehead atoms. The van der Waals surface area contributed by atoms with E-state index in [0.717, 1.165) is 16.6 Å². The number of rotatable bonds is 5. The van der Waals surface area contributed by atoms with Crippen LogP contribution in [0, 0.1) is 0 Å². The van der Waals surface area contributed by atoms with E-state index >= 15 is 0 Å². The summed E-state index contributed by atoms with van der Waals surface area (Å²) in [7, 11) is 0. The summed E-state index contributed by atoms with van der Waals surface area (Å²) in [5, 5.41) is 1.61. The van der Waals surface area contributed by atoms with Crippen LogP contribution in [-0.2, 0) is 6.61 Å². The largest absolute Gasteiger partial charge is 0.487 e. The number of hydrogen-bond donors (Lipinski definition) is 0. The first kappa shape index (κ1) is 15.2. The fourth-order valence-electron chi connectivity index (χ4n) is 2.23. The first-order valence-corrected chi connectivity index (χ1v) is 7.30. The zero-order valence-electron chi connectivity index (χ0n) is 12.0. The molecule has 0 saturated carbocycles. The maximum atomic E-state index is 11.1. The normalized spacial score (nSPS) is 10.5. The summed E-state index contributed by atoms with van der Waals surface area (Å²) in [6.45, 7) is 0.212. The Balaban J connectivity index is 1.83. The minimum atomic E-state index is 0.212. The molecule has 4 nitrogen and oxygen atoms in total. The molecule has 3 rings (SSSR count). The average molecular weight is 326 g/mol. The molecule has 114 valence electrons. The van der Waals surface area contributed by atoms with Crippen LogP contribution in [0.5, 0.6) is 5.75 Å². The van der Waals surface area contributed by atoms with Gasteiger partial charge in [0.05, 0.1) is 16.8 Å². The van der Waals surface area contributed by atoms with Gasteiger partial charge in [-0.05, 0) is 36.4 Å². The number of halogens is 1. The van der Waals surface area contributed by atoms with Crippen molar-refractivity contribution >= 4 is 35.1 Å². The number of pyridine rings is 1. The van der Waals surface area contributed by atoms with Gasteiger partial charge in [-0.3, -0.25) is 9.59 Å². The van der Waals surface area contributed by atoms with E-state index in [1.165, 1.54) is 6.07 Å². The van der Waals surface area contributed by atoms with Gasteiger partial charge >= 0.3 is 0 Å². The lowest BCUT2D eigenvalue weighted by Crippen LogP contribution is -2.01. The predicted molar refractivity (Wildman–Crippen MR) is 88.3 cm³/mol. The SMILES string of the molecule is O=Cc1ccc(OCc2ccc3ccc(Cl)cc3n2)c(C=O)c1. The van der Waals surface area contributed by atoms with Crippen molar-refractivity contribution in [3.63, 3.8) is 0 Å². The van der Waals surface area contributed by atoms with Crippen molar-refractivity contribution in [1.82, 2.24) is 4.98 Å². The molecule has 2 aromatic carbocycles. The summed E-state index contributed by atoms with van der Waals surface area (Å²) >= 11 is 5.97. The van der Waals surface area contributed by atoms with Crippen LogP contribution in [0.4, 0.5) is 0 Å². The Kier molecular flexibility index (Phi) is 4.35. The summed E-state index contributed by atoms with van der Waals surface area (Å²) in [6.07, 6.45) is 1.35. The van der Waals surface area contributed by atoms with Gasteiger partial charge in [0.15, 0.2) is 6.29 Å². The monoisotopic (exact) mass is 325 g/mol. The fraction of sp³-hybridized carbons (Fsp3) is 0.0556. The Bertz CT molecular complexity index is 893. The van der Waals surface area contributed by atoms with Gasteiger partial charge in [0.2, 0.25) is 0 Å². The highest BCUT2D eigenvalue weighted by atomic mass is 35.5. The van der Waals surface area contributed by atoms with Crippen LogP contribution in [-0.4, -0.2) is 17.6 Å². The Morgan fingerprint density at radius 2 is 1.83 bits per heavy atom. The van der Waals surface area contributed by atoms with Crippen LogP contribution < -0.4 is 4.74 Å². The van der Waals surface area contributed by atoms with Crippen LogP contribution in [0.1, 0.15) is 26.4 Å². The molecular formula is C18H12ClNO3. The van der Waals surface area contributed by atoms with Crippen LogP contribution in [0.15, 0.2) is 48.5 Å². The lowest BCUT2D eigenvalue weighted by Gasteiger charge is -2.09. The molecule has 0 N–H and O–H groups in total. The summed E-state index contributed by atoms with van der Waals surface area (Å²) in [5.41, 5.74) is 2.26. The first-order valence-electron chi connectivity index (χ1n) is 6.92. The lowest BCUT2D eigenvalue weighted by atomic mass is 10.1. The van der Waals surface area contributed by atoms with E-state index in [-0.39, 0.29) is 6.61 Å². The fourth-order valence-corrected chi connectivity index (χ4v) is 2.39. The molecule has 0 aliphatic rings. The molecule has 0 atom stereocenters. The summed E-state index contributed by atoms with van der Waals surface area (Å²) in [5.74, 6) is 0.415. The molecule has 0 saturated heterocycles. The maximum absolute atomic E-state index is 11.1. The molecule has 5 heteroatoms. The molecule has 0 unspecified atom stereocenters. The van der Waals surface area contributed by atoms with Crippen LogP contribution in [0.25, 0.3) is 10.9 Å². The minimum absolute atomic E-state index is 0.212. The van der Waals surface area contributed by atoms with Gasteiger partial charge in [-0.2, -0.15) is 0 Å². The van der Waals surface area contributed by atoms with Gasteiger partial charge in [-0.15, -0.1) is 0 Å². The van der Waals surface area contributed by atoms with Gasteiger partial charge in [-0.25, -0.2) is 4.98 Å². The smallest absolute Gasteiger partial charge is 0.153 e. The van der Waals surface area contributed by atoms with E-state index in [1.807, 2.05) is 24.3 Å². The standard InChI is InChI=1S/C18H12ClNO3/c19-15-4-2-13-3-5-16(20-17(13)8-15)11-23-18-6-1-12(9-21)7-14(18)10-22/h1-10H,11H2. The van der Waals surface area contributed by atoms with Crippen LogP contribution >= 0.6 is 11.6 Å². The van der Waals surface area contributed by atoms with Crippen molar-refractivity contribution in [1.29, 1.82) is 0 Å². The Morgan fingerprint density at radius 3 is 2.61 bits per heavy atom. The number of fused-ring (bicyclic) bond motifs is 1. The number of carbonyl (C=O) groups is 2. The van der Waals surface area contributed by atoms with E-state index in [2.05, 4.69) is 4.98 Å². The predicted octanol–water partition coefficient (Wildman–Crippen LogP) is 4.09. The van der Waals surface area contributed by atoms with Gasteiger partial charge < -0.3 is 4.74 Å². The van der Waals surface area contributed by atoms with Crippen molar-refractivity contribution in [2.45, 2.75) is 6.61 Å². The minimum Gasteiger partial charge on any atom is -0.487 e. The quantitative estimate of drug-likeness (QED) is 0.663. The van der Waals surface area contributed by atoms with Gasteiger partial charge in [0, 0.05) is 16.0 Å². The highest BCUT2D eigenvalue weighted by Crippen LogP contribution is 2.21. The molecule has 0 amide bonds. The van der Waals surface area contributed by atoms with E-state index in [1.54, 1.807) is 18.2 Å². The second kappa shape index (κ2) is 6.58. The molecule has 1 heterocycles. The highest BCUT2D eigenvalue weighted by molar-refractivity contribution is 6.31. The number of ether oxygens (including phenoxy) is 1. The van der Waals surface area contributed by atoms with E-state index < -0.39 is 0 Å². The second-order valence-electron chi connectivity index (χ2n) is 4.96. The van der Waals surface area contributed by atoms with Gasteiger partial charge in [-0.1, -0.05) is 23.7 Å². The van der Waals surface area contributed by atoms with Crippen molar-refractivity contribution < 1.29 is 14.3 Å². The van der Waals surface area contributed by atoms with Crippen LogP contribution in [0.2, 0.25) is 5.02 Å². The summed E-state index contributed by atoms with van der Waals surface area (Å²) in [4.78, 5) is 26.3. The number of hydrogen-bond acceptors (Lipinski definition) is 4. The molecule has 1 aromatic heterocycles. The number of carbonyl (C=O) groups excluding carboxylic acids is 2. The number of benzene rings is 2. The van der Waals surface area contributed by atoms with E-state index in [9.17, 15) is 9.59 Å². The molecule has 0 aliphatic carbocycles. The molecule has 0 spiro atoms. The zero-order valence-corrected chi connectivity index (χ0v) is 12.8. The van der Waals surface area contributed by atoms with E-state index in [4.69, 9.17) is 16.3 Å². The van der Waals surface area contributed by atoms with Crippen LogP contribution in [0.3, 0.4) is 0 Å². The second-order valence-corrected chi connectivity index (χ2v) is 5.40. The molecule has 0 fully saturated rings. The molecular weight excluding hydrogens is 314 g/mol. The summed E-state index contributed by atoms with van der Waals surface area (Å²) < 4.78 is 5.65. The maximum Gasteiger partial charge on any atom is 0.153 e. The molecule has 3 aromatic rings. The van der Waals surface area contributed by atoms with E-state index in [0.29, 0.717) is 34.5 Å². The third-order valence-electron chi connectivity index (χ3n) is 3.38. The Hall–Kier alpha value is -2.72. The molecule has 0 aliphatic heterocycles. The average Bonchev–Trinajstić information content (AvgIpc) is 2.59. The number of aromatic nitrogens is 1. The lowest BCUT2D eigenvalue weighted by molar-refractivity contribution is 0.111. The van der Waals surface area contributed by atoms with Gasteiger partial charge in [0.1, 0.15) is 18.6 Å². The van der Waals surface area contributed by atoms with Gasteiger partial charge in [0.25, 0.3) is 0 Å². The molecule has 0 radical (unpaired) electrons. The Labute approximate surface area is 137 Å².